The number of rotatable bonds is 6. The molecule has 3 aromatic rings. The highest BCUT2D eigenvalue weighted by Crippen LogP contribution is 2.39. The molecule has 0 aliphatic carbocycles. The number of carbonyl (C=O) groups is 2. The number of thiophene rings is 1. The molecule has 8 nitrogen and oxygen atoms in total. The number of anilines is 1. The maximum Gasteiger partial charge on any atom is 0.348 e. The van der Waals surface area contributed by atoms with Crippen LogP contribution in [0.1, 0.15) is 37.8 Å². The van der Waals surface area contributed by atoms with Gasteiger partial charge in [-0.05, 0) is 55.2 Å². The van der Waals surface area contributed by atoms with Gasteiger partial charge in [-0.1, -0.05) is 42.5 Å². The molecule has 212 valence electrons. The Hall–Kier alpha value is -3.21. The van der Waals surface area contributed by atoms with E-state index in [4.69, 9.17) is 4.74 Å². The second kappa shape index (κ2) is 11.3. The van der Waals surface area contributed by atoms with Crippen molar-refractivity contribution < 1.29 is 22.7 Å². The van der Waals surface area contributed by atoms with Crippen LogP contribution in [0.15, 0.2) is 58.8 Å². The molecule has 0 spiro atoms. The van der Waals surface area contributed by atoms with E-state index in [0.29, 0.717) is 18.7 Å². The van der Waals surface area contributed by atoms with Crippen LogP contribution in [-0.4, -0.2) is 75.9 Å². The van der Waals surface area contributed by atoms with Crippen LogP contribution < -0.4 is 4.90 Å². The highest BCUT2D eigenvalue weighted by atomic mass is 32.2. The summed E-state index contributed by atoms with van der Waals surface area (Å²) in [4.78, 5) is 30.5. The van der Waals surface area contributed by atoms with Crippen molar-refractivity contribution in [2.45, 2.75) is 30.9 Å². The average Bonchev–Trinajstić information content (AvgIpc) is 3.59. The Morgan fingerprint density at radius 3 is 2.27 bits per heavy atom. The van der Waals surface area contributed by atoms with E-state index in [-0.39, 0.29) is 34.0 Å². The number of ether oxygens (including phenoxy) is 1. The molecule has 0 N–H and O–H groups in total. The maximum atomic E-state index is 14.0. The van der Waals surface area contributed by atoms with Crippen LogP contribution in [-0.2, 0) is 19.6 Å². The van der Waals surface area contributed by atoms with Crippen molar-refractivity contribution in [3.05, 3.63) is 81.7 Å². The monoisotopic (exact) mass is 581 g/mol. The molecule has 2 unspecified atom stereocenters. The molecular formula is C30H35N3O5S2. The van der Waals surface area contributed by atoms with Crippen molar-refractivity contribution in [3.63, 3.8) is 0 Å². The molecule has 5 rings (SSSR count). The summed E-state index contributed by atoms with van der Waals surface area (Å²) in [5.41, 5.74) is 5.07. The zero-order valence-corrected chi connectivity index (χ0v) is 24.9. The molecule has 3 heterocycles. The lowest BCUT2D eigenvalue weighted by Crippen LogP contribution is -2.51. The molecule has 0 radical (unpaired) electrons. The van der Waals surface area contributed by atoms with Crippen molar-refractivity contribution in [1.82, 2.24) is 9.21 Å². The molecular weight excluding hydrogens is 546 g/mol. The first-order valence-corrected chi connectivity index (χ1v) is 15.7. The van der Waals surface area contributed by atoms with Crippen LogP contribution in [0.2, 0.25) is 0 Å². The molecule has 2 aliphatic heterocycles. The second-order valence-electron chi connectivity index (χ2n) is 10.6. The minimum Gasteiger partial charge on any atom is -0.465 e. The number of piperazine rings is 1. The van der Waals surface area contributed by atoms with Crippen molar-refractivity contribution in [3.8, 4) is 0 Å². The van der Waals surface area contributed by atoms with Crippen molar-refractivity contribution >= 4 is 38.9 Å². The van der Waals surface area contributed by atoms with E-state index in [0.717, 1.165) is 30.0 Å². The Morgan fingerprint density at radius 2 is 1.60 bits per heavy atom. The van der Waals surface area contributed by atoms with E-state index in [9.17, 15) is 18.0 Å². The highest BCUT2D eigenvalue weighted by molar-refractivity contribution is 7.91. The number of amides is 1. The van der Waals surface area contributed by atoms with Gasteiger partial charge in [-0.2, -0.15) is 4.31 Å². The van der Waals surface area contributed by atoms with Gasteiger partial charge in [0.15, 0.2) is 0 Å². The first kappa shape index (κ1) is 28.3. The number of aryl methyl sites for hydroxylation is 3. The Labute approximate surface area is 240 Å². The summed E-state index contributed by atoms with van der Waals surface area (Å²) in [7, 11) is -2.64. The van der Waals surface area contributed by atoms with Gasteiger partial charge in [0.2, 0.25) is 5.91 Å². The summed E-state index contributed by atoms with van der Waals surface area (Å²) in [6.07, 6.45) is 0. The molecule has 10 heteroatoms. The third-order valence-electron chi connectivity index (χ3n) is 7.96. The molecule has 1 amide bonds. The smallest absolute Gasteiger partial charge is 0.348 e. The molecule has 0 saturated carbocycles. The van der Waals surface area contributed by atoms with Gasteiger partial charge in [-0.3, -0.25) is 4.79 Å². The van der Waals surface area contributed by atoms with Crippen LogP contribution in [0.3, 0.4) is 0 Å². The van der Waals surface area contributed by atoms with Gasteiger partial charge in [0.1, 0.15) is 9.09 Å². The van der Waals surface area contributed by atoms with Gasteiger partial charge < -0.3 is 14.5 Å². The van der Waals surface area contributed by atoms with Gasteiger partial charge in [-0.15, -0.1) is 11.3 Å². The average molecular weight is 582 g/mol. The topological polar surface area (TPSA) is 87.2 Å². The number of nitrogens with zero attached hydrogens (tertiary/aromatic N) is 3. The van der Waals surface area contributed by atoms with Gasteiger partial charge in [0.25, 0.3) is 10.0 Å². The van der Waals surface area contributed by atoms with Crippen molar-refractivity contribution in [2.75, 3.05) is 51.3 Å². The Balaban J connectivity index is 1.38. The van der Waals surface area contributed by atoms with Gasteiger partial charge in [0.05, 0.1) is 13.0 Å². The molecule has 2 saturated heterocycles. The fourth-order valence-electron chi connectivity index (χ4n) is 5.75. The minimum atomic E-state index is -3.92. The lowest BCUT2D eigenvalue weighted by molar-refractivity contribution is -0.135. The second-order valence-corrected chi connectivity index (χ2v) is 13.8. The maximum absolute atomic E-state index is 14.0. The number of hydrogen-bond acceptors (Lipinski definition) is 7. The van der Waals surface area contributed by atoms with Gasteiger partial charge in [-0.25, -0.2) is 13.2 Å². The first-order valence-electron chi connectivity index (χ1n) is 13.4. The first-order chi connectivity index (χ1) is 19.1. The Bertz CT molecular complexity index is 1510. The quantitative estimate of drug-likeness (QED) is 0.406. The normalized spacial score (nSPS) is 20.1. The predicted molar refractivity (Wildman–Crippen MR) is 157 cm³/mol. The number of benzene rings is 2. The van der Waals surface area contributed by atoms with Crippen LogP contribution >= 0.6 is 11.3 Å². The van der Waals surface area contributed by atoms with E-state index in [2.05, 4.69) is 36.9 Å². The molecule has 40 heavy (non-hydrogen) atoms. The summed E-state index contributed by atoms with van der Waals surface area (Å²) in [5.74, 6) is -1.33. The third kappa shape index (κ3) is 5.40. The van der Waals surface area contributed by atoms with Crippen LogP contribution in [0.5, 0.6) is 0 Å². The fourth-order valence-corrected chi connectivity index (χ4v) is 9.00. The predicted octanol–water partition coefficient (Wildman–Crippen LogP) is 4.21. The summed E-state index contributed by atoms with van der Waals surface area (Å²) in [6, 6.07) is 17.7. The van der Waals surface area contributed by atoms with Crippen LogP contribution in [0.4, 0.5) is 5.69 Å². The number of hydrogen-bond donors (Lipinski definition) is 0. The molecule has 2 fully saturated rings. The van der Waals surface area contributed by atoms with Crippen molar-refractivity contribution in [2.24, 2.45) is 5.92 Å². The largest absolute Gasteiger partial charge is 0.465 e. The number of esters is 1. The summed E-state index contributed by atoms with van der Waals surface area (Å²) in [5, 5.41) is 0. The summed E-state index contributed by atoms with van der Waals surface area (Å²) < 4.78 is 34.0. The summed E-state index contributed by atoms with van der Waals surface area (Å²) >= 11 is 0.916. The fraction of sp³-hybridized carbons (Fsp3) is 0.400. The third-order valence-corrected chi connectivity index (χ3v) is 11.6. The number of methoxy groups -OCH3 is 1. The van der Waals surface area contributed by atoms with E-state index in [1.165, 1.54) is 28.2 Å². The Morgan fingerprint density at radius 1 is 0.900 bits per heavy atom. The number of carbonyl (C=O) groups excluding carboxylic acids is 2. The lowest BCUT2D eigenvalue weighted by atomic mass is 9.88. The van der Waals surface area contributed by atoms with Crippen LogP contribution in [0.25, 0.3) is 0 Å². The van der Waals surface area contributed by atoms with E-state index >= 15 is 0 Å². The van der Waals surface area contributed by atoms with Crippen LogP contribution in [0, 0.1) is 26.7 Å². The standard InChI is InChI=1S/C30H35N3O5S2/c1-20-10-11-21(2)26(16-20)31-12-14-32(15-13-31)28(34)25-19-33(18-24(25)23-8-6-5-7-9-23)40(36,37)30-22(3)17-27(39-30)29(35)38-4/h5-11,16-17,24-25H,12-15,18-19H2,1-4H3. The van der Waals surface area contributed by atoms with Gasteiger partial charge >= 0.3 is 5.97 Å². The van der Waals surface area contributed by atoms with Gasteiger partial charge in [0, 0.05) is 50.9 Å². The highest BCUT2D eigenvalue weighted by Gasteiger charge is 2.46. The molecule has 2 aliphatic rings. The van der Waals surface area contributed by atoms with Crippen molar-refractivity contribution in [1.29, 1.82) is 0 Å². The SMILES string of the molecule is COC(=O)c1cc(C)c(S(=O)(=O)N2CC(C(=O)N3CCN(c4cc(C)ccc4C)CC3)C(c3ccccc3)C2)s1. The molecule has 0 bridgehead atoms. The molecule has 1 aromatic heterocycles. The Kier molecular flexibility index (Phi) is 8.03. The minimum absolute atomic E-state index is 0.00896. The zero-order chi connectivity index (χ0) is 28.6. The summed E-state index contributed by atoms with van der Waals surface area (Å²) in [6.45, 7) is 8.80. The van der Waals surface area contributed by atoms with E-state index in [1.807, 2.05) is 35.2 Å². The lowest BCUT2D eigenvalue weighted by Gasteiger charge is -2.38. The molecule has 2 aromatic carbocycles. The van der Waals surface area contributed by atoms with E-state index in [1.54, 1.807) is 13.0 Å². The molecule has 2 atom stereocenters. The van der Waals surface area contributed by atoms with E-state index < -0.39 is 21.9 Å². The number of sulfonamides is 1. The zero-order valence-electron chi connectivity index (χ0n) is 23.3.